The van der Waals surface area contributed by atoms with Crippen LogP contribution in [-0.2, 0) is 0 Å². The summed E-state index contributed by atoms with van der Waals surface area (Å²) in [5.74, 6) is -2.00. The van der Waals surface area contributed by atoms with Gasteiger partial charge in [0.15, 0.2) is 0 Å². The van der Waals surface area contributed by atoms with E-state index in [1.54, 1.807) is 4.90 Å². The van der Waals surface area contributed by atoms with Crippen molar-refractivity contribution in [3.8, 4) is 0 Å². The Kier molecular flexibility index (Phi) is 2.21. The molecule has 1 saturated heterocycles. The molecular formula is C12H11F2N3. The smallest absolute Gasteiger partial charge is 0.266 e. The predicted molar refractivity (Wildman–Crippen MR) is 61.3 cm³/mol. The van der Waals surface area contributed by atoms with Crippen molar-refractivity contribution < 1.29 is 8.78 Å². The van der Waals surface area contributed by atoms with Gasteiger partial charge in [-0.15, -0.1) is 0 Å². The molecule has 3 nitrogen and oxygen atoms in total. The molecule has 0 unspecified atom stereocenters. The zero-order chi connectivity index (χ0) is 11.9. The highest BCUT2D eigenvalue weighted by atomic mass is 19.3. The lowest BCUT2D eigenvalue weighted by Gasteiger charge is -2.18. The van der Waals surface area contributed by atoms with Crippen LogP contribution in [0.15, 0.2) is 30.6 Å². The molecule has 2 aromatic rings. The number of nitrogens with zero attached hydrogens (tertiary/aromatic N) is 3. The van der Waals surface area contributed by atoms with Crippen LogP contribution in [-0.4, -0.2) is 29.0 Å². The zero-order valence-electron chi connectivity index (χ0n) is 9.11. The maximum absolute atomic E-state index is 13.2. The Morgan fingerprint density at radius 2 is 2.00 bits per heavy atom. The molecule has 3 rings (SSSR count). The molecule has 0 N–H and O–H groups in total. The van der Waals surface area contributed by atoms with Gasteiger partial charge in [0.25, 0.3) is 5.92 Å². The van der Waals surface area contributed by atoms with Gasteiger partial charge in [0.1, 0.15) is 12.1 Å². The summed E-state index contributed by atoms with van der Waals surface area (Å²) in [5.41, 5.74) is 0.785. The van der Waals surface area contributed by atoms with Crippen molar-refractivity contribution >= 4 is 16.7 Å². The number of benzene rings is 1. The minimum Gasteiger partial charge on any atom is -0.350 e. The molecule has 1 aromatic heterocycles. The summed E-state index contributed by atoms with van der Waals surface area (Å²) < 4.78 is 26.4. The molecule has 1 aliphatic rings. The van der Waals surface area contributed by atoms with Crippen LogP contribution in [0.2, 0.25) is 0 Å². The number of rotatable bonds is 1. The third-order valence-electron chi connectivity index (χ3n) is 2.99. The number of aromatic nitrogens is 2. The van der Waals surface area contributed by atoms with Crippen LogP contribution in [0.1, 0.15) is 6.42 Å². The number of anilines is 1. The Balaban J connectivity index is 2.06. The minimum absolute atomic E-state index is 0.106. The van der Waals surface area contributed by atoms with Crippen molar-refractivity contribution in [3.63, 3.8) is 0 Å². The Bertz CT molecular complexity index is 551. The first kappa shape index (κ1) is 10.4. The highest BCUT2D eigenvalue weighted by Gasteiger charge is 2.39. The molecule has 5 heteroatoms. The van der Waals surface area contributed by atoms with Crippen LogP contribution >= 0.6 is 0 Å². The minimum atomic E-state index is -2.61. The maximum atomic E-state index is 13.2. The molecule has 0 saturated carbocycles. The molecule has 1 fully saturated rings. The third-order valence-corrected chi connectivity index (χ3v) is 2.99. The van der Waals surface area contributed by atoms with Crippen LogP contribution in [0.5, 0.6) is 0 Å². The molecule has 17 heavy (non-hydrogen) atoms. The Labute approximate surface area is 97.1 Å². The van der Waals surface area contributed by atoms with Gasteiger partial charge in [0, 0.05) is 18.4 Å². The standard InChI is InChI=1S/C12H11F2N3/c13-12(14)5-6-17(7-12)11-9-3-1-2-4-10(9)15-8-16-11/h1-4,8H,5-7H2. The van der Waals surface area contributed by atoms with Crippen LogP contribution in [0.3, 0.4) is 0 Å². The summed E-state index contributed by atoms with van der Waals surface area (Å²) in [6.07, 6.45) is 1.32. The van der Waals surface area contributed by atoms with E-state index in [9.17, 15) is 8.78 Å². The van der Waals surface area contributed by atoms with Crippen molar-refractivity contribution in [2.45, 2.75) is 12.3 Å². The Morgan fingerprint density at radius 1 is 1.18 bits per heavy atom. The topological polar surface area (TPSA) is 29.0 Å². The van der Waals surface area contributed by atoms with E-state index in [4.69, 9.17) is 0 Å². The summed E-state index contributed by atoms with van der Waals surface area (Å²) in [7, 11) is 0. The molecule has 1 aromatic carbocycles. The molecule has 88 valence electrons. The number of fused-ring (bicyclic) bond motifs is 1. The second kappa shape index (κ2) is 3.61. The lowest BCUT2D eigenvalue weighted by atomic mass is 10.2. The van der Waals surface area contributed by atoms with Crippen LogP contribution in [0.4, 0.5) is 14.6 Å². The molecule has 0 radical (unpaired) electrons. The second-order valence-corrected chi connectivity index (χ2v) is 4.24. The summed E-state index contributed by atoms with van der Waals surface area (Å²) in [6, 6.07) is 7.46. The zero-order valence-corrected chi connectivity index (χ0v) is 9.11. The lowest BCUT2D eigenvalue weighted by molar-refractivity contribution is 0.0257. The van der Waals surface area contributed by atoms with Crippen LogP contribution in [0, 0.1) is 0 Å². The van der Waals surface area contributed by atoms with Gasteiger partial charge in [-0.25, -0.2) is 18.7 Å². The number of para-hydroxylation sites is 1. The average Bonchev–Trinajstić information content (AvgIpc) is 2.69. The summed E-state index contributed by atoms with van der Waals surface area (Å²) in [4.78, 5) is 9.89. The Morgan fingerprint density at radius 3 is 2.76 bits per heavy atom. The first-order valence-corrected chi connectivity index (χ1v) is 5.48. The van der Waals surface area contributed by atoms with E-state index in [0.29, 0.717) is 12.4 Å². The molecule has 1 aliphatic heterocycles. The molecule has 0 bridgehead atoms. The first-order chi connectivity index (χ1) is 8.16. The fourth-order valence-electron chi connectivity index (χ4n) is 2.16. The number of halogens is 2. The fraction of sp³-hybridized carbons (Fsp3) is 0.333. The predicted octanol–water partition coefficient (Wildman–Crippen LogP) is 2.48. The molecule has 0 amide bonds. The van der Waals surface area contributed by atoms with E-state index in [2.05, 4.69) is 9.97 Å². The molecular weight excluding hydrogens is 224 g/mol. The van der Waals surface area contributed by atoms with Gasteiger partial charge < -0.3 is 4.90 Å². The molecule has 0 spiro atoms. The van der Waals surface area contributed by atoms with Crippen LogP contribution < -0.4 is 4.90 Å². The van der Waals surface area contributed by atoms with Crippen molar-refractivity contribution in [2.75, 3.05) is 18.0 Å². The summed E-state index contributed by atoms with van der Waals surface area (Å²) in [5, 5.41) is 0.827. The van der Waals surface area contributed by atoms with E-state index in [1.165, 1.54) is 6.33 Å². The van der Waals surface area contributed by atoms with E-state index in [1.807, 2.05) is 24.3 Å². The molecule has 0 aliphatic carbocycles. The summed E-state index contributed by atoms with van der Waals surface area (Å²) >= 11 is 0. The van der Waals surface area contributed by atoms with Crippen molar-refractivity contribution in [1.29, 1.82) is 0 Å². The van der Waals surface area contributed by atoms with E-state index < -0.39 is 5.92 Å². The number of hydrogen-bond acceptors (Lipinski definition) is 3. The molecule has 2 heterocycles. The maximum Gasteiger partial charge on any atom is 0.266 e. The monoisotopic (exact) mass is 235 g/mol. The van der Waals surface area contributed by atoms with Crippen molar-refractivity contribution in [2.24, 2.45) is 0 Å². The third kappa shape index (κ3) is 1.81. The quantitative estimate of drug-likeness (QED) is 0.760. The molecule has 0 atom stereocenters. The highest BCUT2D eigenvalue weighted by Crippen LogP contribution is 2.32. The van der Waals surface area contributed by atoms with Crippen molar-refractivity contribution in [3.05, 3.63) is 30.6 Å². The van der Waals surface area contributed by atoms with Gasteiger partial charge in [-0.1, -0.05) is 12.1 Å². The Hall–Kier alpha value is -1.78. The van der Waals surface area contributed by atoms with E-state index in [0.717, 1.165) is 10.9 Å². The average molecular weight is 235 g/mol. The lowest BCUT2D eigenvalue weighted by Crippen LogP contribution is -2.25. The summed E-state index contributed by atoms with van der Waals surface area (Å²) in [6.45, 7) is 0.0853. The van der Waals surface area contributed by atoms with Gasteiger partial charge >= 0.3 is 0 Å². The fourth-order valence-corrected chi connectivity index (χ4v) is 2.16. The van der Waals surface area contributed by atoms with E-state index >= 15 is 0 Å². The number of hydrogen-bond donors (Lipinski definition) is 0. The number of alkyl halides is 2. The van der Waals surface area contributed by atoms with Gasteiger partial charge in [0.05, 0.1) is 12.1 Å². The van der Waals surface area contributed by atoms with Gasteiger partial charge in [-0.2, -0.15) is 0 Å². The van der Waals surface area contributed by atoms with E-state index in [-0.39, 0.29) is 13.0 Å². The van der Waals surface area contributed by atoms with Gasteiger partial charge in [0.2, 0.25) is 0 Å². The van der Waals surface area contributed by atoms with Crippen molar-refractivity contribution in [1.82, 2.24) is 9.97 Å². The second-order valence-electron chi connectivity index (χ2n) is 4.24. The van der Waals surface area contributed by atoms with Crippen LogP contribution in [0.25, 0.3) is 10.9 Å². The first-order valence-electron chi connectivity index (χ1n) is 5.48. The normalized spacial score (nSPS) is 18.8. The van der Waals surface area contributed by atoms with Gasteiger partial charge in [-0.05, 0) is 12.1 Å². The SMILES string of the molecule is FC1(F)CCN(c2ncnc3ccccc23)C1. The highest BCUT2D eigenvalue weighted by molar-refractivity contribution is 5.89. The van der Waals surface area contributed by atoms with Gasteiger partial charge in [-0.3, -0.25) is 0 Å². The largest absolute Gasteiger partial charge is 0.350 e.